The Morgan fingerprint density at radius 2 is 1.33 bits per heavy atom. The molecule has 0 aliphatic rings. The molecule has 0 amide bonds. The normalized spacial score (nSPS) is 14.0. The smallest absolute Gasteiger partial charge is 0.395 e. The number of para-hydroxylation sites is 2. The Labute approximate surface area is 144 Å². The quantitative estimate of drug-likeness (QED) is 0.514. The van der Waals surface area contributed by atoms with Crippen LogP contribution in [0.4, 0.5) is 0 Å². The summed E-state index contributed by atoms with van der Waals surface area (Å²) in [6, 6.07) is 17.9. The van der Waals surface area contributed by atoms with Crippen LogP contribution in [0.1, 0.15) is 33.6 Å². The SMILES string of the molecule is CCC(C)CC(C)OP(=O)(Oc1ccccc1)Oc1ccccc1. The summed E-state index contributed by atoms with van der Waals surface area (Å²) in [4.78, 5) is 0. The van der Waals surface area contributed by atoms with Crippen LogP contribution in [0.3, 0.4) is 0 Å². The topological polar surface area (TPSA) is 44.8 Å². The Balaban J connectivity index is 2.15. The number of hydrogen-bond acceptors (Lipinski definition) is 4. The lowest BCUT2D eigenvalue weighted by molar-refractivity contribution is 0.135. The van der Waals surface area contributed by atoms with E-state index >= 15 is 0 Å². The van der Waals surface area contributed by atoms with Crippen molar-refractivity contribution in [3.63, 3.8) is 0 Å². The molecule has 0 heterocycles. The molecule has 0 aliphatic carbocycles. The Bertz CT molecular complexity index is 599. The van der Waals surface area contributed by atoms with E-state index in [0.29, 0.717) is 17.4 Å². The van der Waals surface area contributed by atoms with E-state index in [0.717, 1.165) is 12.8 Å². The molecular formula is C19H25O4P. The summed E-state index contributed by atoms with van der Waals surface area (Å²) in [6.07, 6.45) is 1.59. The van der Waals surface area contributed by atoms with Crippen LogP contribution in [0.5, 0.6) is 11.5 Å². The second-order valence-electron chi connectivity index (χ2n) is 5.92. The predicted octanol–water partition coefficient (Wildman–Crippen LogP) is 6.09. The molecule has 0 fully saturated rings. The van der Waals surface area contributed by atoms with E-state index in [2.05, 4.69) is 13.8 Å². The second-order valence-corrected chi connectivity index (χ2v) is 7.39. The van der Waals surface area contributed by atoms with E-state index in [-0.39, 0.29) is 6.10 Å². The summed E-state index contributed by atoms with van der Waals surface area (Å²) in [5.74, 6) is 1.38. The first-order chi connectivity index (χ1) is 11.5. The lowest BCUT2D eigenvalue weighted by Crippen LogP contribution is -2.15. The summed E-state index contributed by atoms with van der Waals surface area (Å²) in [7, 11) is -3.79. The summed E-state index contributed by atoms with van der Waals surface area (Å²) in [5.41, 5.74) is 0. The highest BCUT2D eigenvalue weighted by Crippen LogP contribution is 2.51. The van der Waals surface area contributed by atoms with Crippen LogP contribution in [0.2, 0.25) is 0 Å². The third-order valence-corrected chi connectivity index (χ3v) is 5.15. The van der Waals surface area contributed by atoms with Crippen molar-refractivity contribution in [2.24, 2.45) is 5.92 Å². The average molecular weight is 348 g/mol. The van der Waals surface area contributed by atoms with Crippen molar-refractivity contribution in [3.8, 4) is 11.5 Å². The van der Waals surface area contributed by atoms with Gasteiger partial charge in [-0.05, 0) is 43.5 Å². The van der Waals surface area contributed by atoms with Crippen LogP contribution in [0.25, 0.3) is 0 Å². The van der Waals surface area contributed by atoms with Crippen LogP contribution in [-0.2, 0) is 9.09 Å². The molecule has 2 aromatic carbocycles. The Morgan fingerprint density at radius 3 is 1.75 bits per heavy atom. The monoisotopic (exact) mass is 348 g/mol. The predicted molar refractivity (Wildman–Crippen MR) is 96.4 cm³/mol. The Hall–Kier alpha value is -1.77. The van der Waals surface area contributed by atoms with E-state index < -0.39 is 7.82 Å². The zero-order valence-electron chi connectivity index (χ0n) is 14.4. The molecule has 4 nitrogen and oxygen atoms in total. The first-order valence-electron chi connectivity index (χ1n) is 8.28. The van der Waals surface area contributed by atoms with Gasteiger partial charge in [0.2, 0.25) is 0 Å². The minimum absolute atomic E-state index is 0.238. The molecule has 5 heteroatoms. The highest BCUT2D eigenvalue weighted by molar-refractivity contribution is 7.49. The molecule has 2 atom stereocenters. The lowest BCUT2D eigenvalue weighted by atomic mass is 10.0. The van der Waals surface area contributed by atoms with Gasteiger partial charge in [-0.2, -0.15) is 0 Å². The van der Waals surface area contributed by atoms with Crippen molar-refractivity contribution >= 4 is 7.82 Å². The van der Waals surface area contributed by atoms with Gasteiger partial charge in [-0.15, -0.1) is 0 Å². The number of hydrogen-bond donors (Lipinski definition) is 0. The van der Waals surface area contributed by atoms with Crippen LogP contribution >= 0.6 is 7.82 Å². The number of phosphoric acid groups is 1. The van der Waals surface area contributed by atoms with Crippen molar-refractivity contribution in [1.29, 1.82) is 0 Å². The third kappa shape index (κ3) is 6.03. The molecule has 0 spiro atoms. The van der Waals surface area contributed by atoms with Crippen LogP contribution in [-0.4, -0.2) is 6.10 Å². The molecule has 0 N–H and O–H groups in total. The number of phosphoric ester groups is 1. The molecule has 0 saturated heterocycles. The van der Waals surface area contributed by atoms with Crippen molar-refractivity contribution in [1.82, 2.24) is 0 Å². The van der Waals surface area contributed by atoms with Gasteiger partial charge in [0.05, 0.1) is 6.10 Å². The Kier molecular flexibility index (Phi) is 6.89. The molecule has 2 unspecified atom stereocenters. The lowest BCUT2D eigenvalue weighted by Gasteiger charge is -2.23. The van der Waals surface area contributed by atoms with Gasteiger partial charge in [-0.1, -0.05) is 56.7 Å². The molecule has 0 aromatic heterocycles. The van der Waals surface area contributed by atoms with Gasteiger partial charge in [0.15, 0.2) is 0 Å². The van der Waals surface area contributed by atoms with E-state index in [1.54, 1.807) is 24.3 Å². The van der Waals surface area contributed by atoms with Crippen molar-refractivity contribution < 1.29 is 18.1 Å². The van der Waals surface area contributed by atoms with Crippen LogP contribution < -0.4 is 9.05 Å². The van der Waals surface area contributed by atoms with Crippen LogP contribution in [0.15, 0.2) is 60.7 Å². The fourth-order valence-electron chi connectivity index (χ4n) is 2.28. The minimum Gasteiger partial charge on any atom is -0.395 e. The molecule has 0 aliphatic heterocycles. The summed E-state index contributed by atoms with van der Waals surface area (Å²) in [6.45, 7) is 6.15. The zero-order valence-corrected chi connectivity index (χ0v) is 15.3. The fraction of sp³-hybridized carbons (Fsp3) is 0.368. The maximum Gasteiger partial charge on any atom is 0.587 e. The van der Waals surface area contributed by atoms with E-state index in [1.807, 2.05) is 43.3 Å². The highest BCUT2D eigenvalue weighted by atomic mass is 31.2. The summed E-state index contributed by atoms with van der Waals surface area (Å²) < 4.78 is 30.1. The van der Waals surface area contributed by atoms with Crippen molar-refractivity contribution in [3.05, 3.63) is 60.7 Å². The van der Waals surface area contributed by atoms with Gasteiger partial charge in [0, 0.05) is 0 Å². The summed E-state index contributed by atoms with van der Waals surface area (Å²) >= 11 is 0. The van der Waals surface area contributed by atoms with Gasteiger partial charge < -0.3 is 9.05 Å². The molecular weight excluding hydrogens is 323 g/mol. The van der Waals surface area contributed by atoms with Gasteiger partial charge in [0.1, 0.15) is 11.5 Å². The van der Waals surface area contributed by atoms with E-state index in [1.165, 1.54) is 0 Å². The fourth-order valence-corrected chi connectivity index (χ4v) is 3.69. The molecule has 2 aromatic rings. The highest BCUT2D eigenvalue weighted by Gasteiger charge is 2.33. The molecule has 130 valence electrons. The number of rotatable bonds is 9. The largest absolute Gasteiger partial charge is 0.587 e. The van der Waals surface area contributed by atoms with Crippen molar-refractivity contribution in [2.45, 2.75) is 39.7 Å². The van der Waals surface area contributed by atoms with Gasteiger partial charge in [-0.3, -0.25) is 4.52 Å². The molecule has 24 heavy (non-hydrogen) atoms. The van der Waals surface area contributed by atoms with E-state index in [9.17, 15) is 4.57 Å². The van der Waals surface area contributed by atoms with Gasteiger partial charge in [-0.25, -0.2) is 4.57 Å². The third-order valence-electron chi connectivity index (χ3n) is 3.66. The molecule has 2 rings (SSSR count). The minimum atomic E-state index is -3.79. The maximum absolute atomic E-state index is 13.2. The standard InChI is InChI=1S/C19H25O4P/c1-4-16(2)15-17(3)21-24(20,22-18-11-7-5-8-12-18)23-19-13-9-6-10-14-19/h5-14,16-17H,4,15H2,1-3H3. The van der Waals surface area contributed by atoms with E-state index in [4.69, 9.17) is 13.6 Å². The van der Waals surface area contributed by atoms with Gasteiger partial charge in [0.25, 0.3) is 0 Å². The van der Waals surface area contributed by atoms with Crippen molar-refractivity contribution in [2.75, 3.05) is 0 Å². The first-order valence-corrected chi connectivity index (χ1v) is 9.74. The average Bonchev–Trinajstić information content (AvgIpc) is 2.55. The molecule has 0 bridgehead atoms. The maximum atomic E-state index is 13.2. The Morgan fingerprint density at radius 1 is 0.875 bits per heavy atom. The van der Waals surface area contributed by atoms with Crippen LogP contribution in [0, 0.1) is 5.92 Å². The molecule has 0 radical (unpaired) electrons. The summed E-state index contributed by atoms with van der Waals surface area (Å²) in [5, 5.41) is 0. The second kappa shape index (κ2) is 8.91. The molecule has 0 saturated carbocycles. The first kappa shape index (κ1) is 18.6. The zero-order chi connectivity index (χ0) is 17.4. The van der Waals surface area contributed by atoms with Gasteiger partial charge >= 0.3 is 7.82 Å². The number of benzene rings is 2.